The van der Waals surface area contributed by atoms with E-state index in [1.165, 1.54) is 6.39 Å². The van der Waals surface area contributed by atoms with Gasteiger partial charge in [0.05, 0.1) is 0 Å². The molecule has 3 heteroatoms. The maximum atomic E-state index is 8.26. The van der Waals surface area contributed by atoms with Gasteiger partial charge in [0.25, 0.3) is 0 Å². The summed E-state index contributed by atoms with van der Waals surface area (Å²) in [7, 11) is 0. The van der Waals surface area contributed by atoms with Crippen LogP contribution >= 0.6 is 0 Å². The van der Waals surface area contributed by atoms with Crippen molar-refractivity contribution in [1.82, 2.24) is 4.98 Å². The van der Waals surface area contributed by atoms with Crippen molar-refractivity contribution in [1.29, 1.82) is 0 Å². The molecule has 1 heterocycles. The minimum atomic E-state index is -0.125. The number of aliphatic hydroxyl groups is 1. The number of hydrogen-bond acceptors (Lipinski definition) is 3. The molecule has 1 aromatic rings. The highest BCUT2D eigenvalue weighted by atomic mass is 16.4. The SMILES string of the molecule is OCc1[c]nco1. The lowest BCUT2D eigenvalue weighted by molar-refractivity contribution is 0.247. The molecule has 0 fully saturated rings. The van der Waals surface area contributed by atoms with Crippen LogP contribution in [0.25, 0.3) is 0 Å². The number of nitrogens with zero attached hydrogens (tertiary/aromatic N) is 1. The summed E-state index contributed by atoms with van der Waals surface area (Å²) in [6, 6.07) is 0. The van der Waals surface area contributed by atoms with Crippen molar-refractivity contribution in [2.75, 3.05) is 0 Å². The standard InChI is InChI=1S/C4H4NO2/c6-2-4-1-5-3-7-4/h3,6H,2H2. The number of rotatable bonds is 1. The molecule has 0 saturated carbocycles. The first-order chi connectivity index (χ1) is 3.43. The summed E-state index contributed by atoms with van der Waals surface area (Å²) in [5.74, 6) is 0.375. The molecule has 37 valence electrons. The summed E-state index contributed by atoms with van der Waals surface area (Å²) in [6.07, 6.45) is 3.65. The molecule has 3 nitrogen and oxygen atoms in total. The molecule has 0 aromatic carbocycles. The highest BCUT2D eigenvalue weighted by Gasteiger charge is 1.88. The molecular weight excluding hydrogens is 94.0 g/mol. The third kappa shape index (κ3) is 0.778. The van der Waals surface area contributed by atoms with Crippen molar-refractivity contribution in [3.05, 3.63) is 18.4 Å². The second-order valence-electron chi connectivity index (χ2n) is 1.05. The summed E-state index contributed by atoms with van der Waals surface area (Å²) in [4.78, 5) is 3.44. The van der Waals surface area contributed by atoms with Gasteiger partial charge in [-0.2, -0.15) is 0 Å². The maximum absolute atomic E-state index is 8.26. The maximum Gasteiger partial charge on any atom is 0.181 e. The summed E-state index contributed by atoms with van der Waals surface area (Å²) in [6.45, 7) is -0.125. The highest BCUT2D eigenvalue weighted by molar-refractivity contribution is 4.81. The van der Waals surface area contributed by atoms with Crippen molar-refractivity contribution >= 4 is 0 Å². The largest absolute Gasteiger partial charge is 0.445 e. The lowest BCUT2D eigenvalue weighted by atomic mass is 10.6. The predicted octanol–water partition coefficient (Wildman–Crippen LogP) is -0.0329. The van der Waals surface area contributed by atoms with Crippen LogP contribution in [0.5, 0.6) is 0 Å². The first kappa shape index (κ1) is 4.33. The van der Waals surface area contributed by atoms with Crippen molar-refractivity contribution in [2.24, 2.45) is 0 Å². The monoisotopic (exact) mass is 98.0 g/mol. The Morgan fingerprint density at radius 3 is 3.14 bits per heavy atom. The number of oxazole rings is 1. The summed E-state index contributed by atoms with van der Waals surface area (Å²) in [5, 5.41) is 8.26. The predicted molar refractivity (Wildman–Crippen MR) is 21.3 cm³/mol. The zero-order valence-electron chi connectivity index (χ0n) is 3.59. The van der Waals surface area contributed by atoms with Gasteiger partial charge in [-0.3, -0.25) is 0 Å². The van der Waals surface area contributed by atoms with Crippen LogP contribution in [-0.2, 0) is 6.61 Å². The number of aromatic nitrogens is 1. The molecule has 1 N–H and O–H groups in total. The van der Waals surface area contributed by atoms with E-state index in [1.807, 2.05) is 0 Å². The van der Waals surface area contributed by atoms with Gasteiger partial charge < -0.3 is 9.52 Å². The average Bonchev–Trinajstić information content (AvgIpc) is 2.14. The molecule has 1 aromatic heterocycles. The molecule has 0 saturated heterocycles. The van der Waals surface area contributed by atoms with Crippen LogP contribution < -0.4 is 0 Å². The Labute approximate surface area is 40.6 Å². The Bertz CT molecular complexity index is 124. The van der Waals surface area contributed by atoms with E-state index in [1.54, 1.807) is 0 Å². The molecule has 0 atom stereocenters. The van der Waals surface area contributed by atoms with Crippen LogP contribution in [0.4, 0.5) is 0 Å². The Kier molecular flexibility index (Phi) is 1.08. The zero-order valence-corrected chi connectivity index (χ0v) is 3.59. The Morgan fingerprint density at radius 2 is 2.86 bits per heavy atom. The zero-order chi connectivity index (χ0) is 5.11. The van der Waals surface area contributed by atoms with Gasteiger partial charge in [0.1, 0.15) is 12.8 Å². The van der Waals surface area contributed by atoms with Crippen LogP contribution in [0, 0.1) is 6.20 Å². The Morgan fingerprint density at radius 1 is 2.00 bits per heavy atom. The molecule has 1 radical (unpaired) electrons. The van der Waals surface area contributed by atoms with E-state index in [2.05, 4.69) is 15.6 Å². The van der Waals surface area contributed by atoms with E-state index in [0.29, 0.717) is 5.76 Å². The van der Waals surface area contributed by atoms with Crippen molar-refractivity contribution < 1.29 is 9.52 Å². The first-order valence-electron chi connectivity index (χ1n) is 1.84. The van der Waals surface area contributed by atoms with Gasteiger partial charge in [-0.25, -0.2) is 4.98 Å². The number of hydrogen-bond donors (Lipinski definition) is 1. The van der Waals surface area contributed by atoms with E-state index in [0.717, 1.165) is 0 Å². The first-order valence-corrected chi connectivity index (χ1v) is 1.84. The Balaban J connectivity index is 2.76. The van der Waals surface area contributed by atoms with Gasteiger partial charge in [-0.05, 0) is 0 Å². The minimum Gasteiger partial charge on any atom is -0.445 e. The summed E-state index contributed by atoms with van der Waals surface area (Å²) >= 11 is 0. The third-order valence-corrected chi connectivity index (χ3v) is 0.581. The lowest BCUT2D eigenvalue weighted by Crippen LogP contribution is -1.73. The van der Waals surface area contributed by atoms with Gasteiger partial charge in [-0.1, -0.05) is 0 Å². The highest BCUT2D eigenvalue weighted by Crippen LogP contribution is 1.91. The van der Waals surface area contributed by atoms with Crippen molar-refractivity contribution in [3.63, 3.8) is 0 Å². The fraction of sp³-hybridized carbons (Fsp3) is 0.250. The molecule has 0 aliphatic carbocycles. The van der Waals surface area contributed by atoms with Gasteiger partial charge in [0, 0.05) is 0 Å². The van der Waals surface area contributed by atoms with Crippen molar-refractivity contribution in [2.45, 2.75) is 6.61 Å². The second kappa shape index (κ2) is 1.75. The Hall–Kier alpha value is -0.830. The van der Waals surface area contributed by atoms with Crippen LogP contribution in [-0.4, -0.2) is 10.1 Å². The van der Waals surface area contributed by atoms with E-state index in [4.69, 9.17) is 5.11 Å². The van der Waals surface area contributed by atoms with Crippen LogP contribution in [0.3, 0.4) is 0 Å². The molecule has 0 bridgehead atoms. The van der Waals surface area contributed by atoms with Crippen molar-refractivity contribution in [3.8, 4) is 0 Å². The van der Waals surface area contributed by atoms with Crippen LogP contribution in [0.2, 0.25) is 0 Å². The third-order valence-electron chi connectivity index (χ3n) is 0.581. The summed E-state index contributed by atoms with van der Waals surface area (Å²) < 4.78 is 4.57. The minimum absolute atomic E-state index is 0.125. The molecular formula is C4H4NO2. The van der Waals surface area contributed by atoms with Crippen LogP contribution in [0.1, 0.15) is 5.76 Å². The molecule has 0 aliphatic rings. The molecule has 0 aliphatic heterocycles. The van der Waals surface area contributed by atoms with Gasteiger partial charge in [0.15, 0.2) is 12.2 Å². The van der Waals surface area contributed by atoms with Gasteiger partial charge in [0.2, 0.25) is 0 Å². The molecule has 0 unspecified atom stereocenters. The van der Waals surface area contributed by atoms with E-state index in [9.17, 15) is 0 Å². The van der Waals surface area contributed by atoms with E-state index in [-0.39, 0.29) is 6.61 Å². The van der Waals surface area contributed by atoms with Gasteiger partial charge in [-0.15, -0.1) is 0 Å². The van der Waals surface area contributed by atoms with Gasteiger partial charge >= 0.3 is 0 Å². The molecule has 0 amide bonds. The summed E-state index contributed by atoms with van der Waals surface area (Å²) in [5.41, 5.74) is 0. The number of aliphatic hydroxyl groups excluding tert-OH is 1. The second-order valence-corrected chi connectivity index (χ2v) is 1.05. The lowest BCUT2D eigenvalue weighted by Gasteiger charge is -1.76. The molecule has 0 spiro atoms. The molecule has 7 heavy (non-hydrogen) atoms. The van der Waals surface area contributed by atoms with E-state index >= 15 is 0 Å². The fourth-order valence-electron chi connectivity index (χ4n) is 0.287. The normalized spacial score (nSPS) is 9.29. The van der Waals surface area contributed by atoms with Crippen LogP contribution in [0.15, 0.2) is 10.8 Å². The fourth-order valence-corrected chi connectivity index (χ4v) is 0.287. The topological polar surface area (TPSA) is 46.3 Å². The molecule has 1 rings (SSSR count). The smallest absolute Gasteiger partial charge is 0.181 e. The van der Waals surface area contributed by atoms with E-state index < -0.39 is 0 Å². The average molecular weight is 98.1 g/mol. The quantitative estimate of drug-likeness (QED) is 0.536.